The number of hydrogen-bond donors (Lipinski definition) is 1. The fraction of sp³-hybridized carbons (Fsp3) is 0.233. The Morgan fingerprint density at radius 2 is 1.73 bits per heavy atom. The first-order chi connectivity index (χ1) is 19.2. The third-order valence-electron chi connectivity index (χ3n) is 5.84. The molecular weight excluding hydrogens is 552 g/mol. The normalized spacial score (nSPS) is 14.0. The molecule has 0 saturated carbocycles. The molecule has 1 N–H and O–H groups in total. The largest absolute Gasteiger partial charge is 0.491 e. The molecule has 3 amide bonds. The average Bonchev–Trinajstić information content (AvgIpc) is 3.19. The highest BCUT2D eigenvalue weighted by atomic mass is 35.5. The molecule has 0 atom stereocenters. The van der Waals surface area contributed by atoms with Gasteiger partial charge in [0.1, 0.15) is 12.4 Å². The van der Waals surface area contributed by atoms with Crippen LogP contribution in [0.5, 0.6) is 17.2 Å². The van der Waals surface area contributed by atoms with E-state index in [4.69, 9.17) is 25.8 Å². The van der Waals surface area contributed by atoms with Crippen molar-refractivity contribution in [1.29, 1.82) is 0 Å². The lowest BCUT2D eigenvalue weighted by molar-refractivity contribution is -0.123. The number of nitrogens with zero attached hydrogens (tertiary/aromatic N) is 1. The fourth-order valence-electron chi connectivity index (χ4n) is 3.83. The molecule has 0 unspecified atom stereocenters. The maximum absolute atomic E-state index is 13.0. The second kappa shape index (κ2) is 13.4. The predicted octanol–water partition coefficient (Wildman–Crippen LogP) is 6.49. The van der Waals surface area contributed by atoms with Gasteiger partial charge >= 0.3 is 0 Å². The number of carbonyl (C=O) groups is 3. The summed E-state index contributed by atoms with van der Waals surface area (Å²) in [5.41, 5.74) is 3.31. The zero-order valence-corrected chi connectivity index (χ0v) is 23.9. The van der Waals surface area contributed by atoms with Gasteiger partial charge in [-0.3, -0.25) is 19.3 Å². The van der Waals surface area contributed by atoms with Crippen LogP contribution in [0.15, 0.2) is 65.6 Å². The Bertz CT molecular complexity index is 1440. The van der Waals surface area contributed by atoms with Crippen molar-refractivity contribution < 1.29 is 28.6 Å². The van der Waals surface area contributed by atoms with E-state index in [-0.39, 0.29) is 36.8 Å². The summed E-state index contributed by atoms with van der Waals surface area (Å²) >= 11 is 6.75. The van der Waals surface area contributed by atoms with Crippen molar-refractivity contribution in [3.05, 3.63) is 87.3 Å². The quantitative estimate of drug-likeness (QED) is 0.259. The number of hydrogen-bond acceptors (Lipinski definition) is 7. The van der Waals surface area contributed by atoms with Gasteiger partial charge in [-0.2, -0.15) is 0 Å². The lowest BCUT2D eigenvalue weighted by atomic mass is 10.1. The summed E-state index contributed by atoms with van der Waals surface area (Å²) in [6.07, 6.45) is 1.63. The number of aryl methyl sites for hydroxylation is 2. The molecule has 0 bridgehead atoms. The predicted molar refractivity (Wildman–Crippen MR) is 157 cm³/mol. The van der Waals surface area contributed by atoms with Crippen molar-refractivity contribution in [2.24, 2.45) is 0 Å². The van der Waals surface area contributed by atoms with Gasteiger partial charge < -0.3 is 19.5 Å². The molecule has 3 aromatic rings. The first-order valence-electron chi connectivity index (χ1n) is 12.6. The van der Waals surface area contributed by atoms with Gasteiger partial charge in [-0.25, -0.2) is 0 Å². The summed E-state index contributed by atoms with van der Waals surface area (Å²) in [6.45, 7) is 6.23. The third-order valence-corrected chi connectivity index (χ3v) is 7.00. The summed E-state index contributed by atoms with van der Waals surface area (Å²) in [4.78, 5) is 39.3. The smallest absolute Gasteiger partial charge is 0.293 e. The molecule has 208 valence electrons. The van der Waals surface area contributed by atoms with Crippen LogP contribution in [0, 0.1) is 13.8 Å². The van der Waals surface area contributed by atoms with E-state index < -0.39 is 0 Å². The molecule has 1 heterocycles. The standard InChI is InChI=1S/C30H29ClN2O6S/c1-4-37-26-16-21(7-12-24(26)39-18-28(34)32-23-10-8-22(31)9-11-23)17-27-29(35)33(30(36)40-27)13-14-38-25-15-19(2)5-6-20(25)3/h5-12,15-17H,4,13-14,18H2,1-3H3,(H,32,34)/b27-17-. The second-order valence-electron chi connectivity index (χ2n) is 8.93. The minimum atomic E-state index is -0.378. The van der Waals surface area contributed by atoms with Crippen molar-refractivity contribution in [3.8, 4) is 17.2 Å². The maximum atomic E-state index is 13.0. The zero-order valence-electron chi connectivity index (χ0n) is 22.4. The molecule has 0 aliphatic carbocycles. The van der Waals surface area contributed by atoms with Gasteiger partial charge in [-0.05, 0) is 97.8 Å². The molecule has 1 fully saturated rings. The van der Waals surface area contributed by atoms with E-state index in [2.05, 4.69) is 5.32 Å². The van der Waals surface area contributed by atoms with Gasteiger partial charge in [0.2, 0.25) is 0 Å². The zero-order chi connectivity index (χ0) is 28.6. The molecule has 4 rings (SSSR count). The van der Waals surface area contributed by atoms with Crippen molar-refractivity contribution in [3.63, 3.8) is 0 Å². The molecule has 10 heteroatoms. The first kappa shape index (κ1) is 29.0. The van der Waals surface area contributed by atoms with Gasteiger partial charge in [-0.15, -0.1) is 0 Å². The highest BCUT2D eigenvalue weighted by molar-refractivity contribution is 8.18. The van der Waals surface area contributed by atoms with Crippen molar-refractivity contribution in [2.45, 2.75) is 20.8 Å². The minimum Gasteiger partial charge on any atom is -0.491 e. The Morgan fingerprint density at radius 3 is 2.48 bits per heavy atom. The Hall–Kier alpha value is -3.95. The summed E-state index contributed by atoms with van der Waals surface area (Å²) in [5.74, 6) is 0.801. The van der Waals surface area contributed by atoms with E-state index in [1.807, 2.05) is 39.0 Å². The van der Waals surface area contributed by atoms with Crippen LogP contribution in [0.2, 0.25) is 5.02 Å². The molecule has 40 heavy (non-hydrogen) atoms. The third kappa shape index (κ3) is 7.58. The Kier molecular flexibility index (Phi) is 9.74. The molecule has 1 saturated heterocycles. The second-order valence-corrected chi connectivity index (χ2v) is 10.4. The van der Waals surface area contributed by atoms with Crippen molar-refractivity contribution in [2.75, 3.05) is 31.7 Å². The van der Waals surface area contributed by atoms with Crippen molar-refractivity contribution >= 4 is 52.2 Å². The molecule has 1 aliphatic rings. The summed E-state index contributed by atoms with van der Waals surface area (Å²) in [6, 6.07) is 17.7. The fourth-order valence-corrected chi connectivity index (χ4v) is 4.82. The molecule has 8 nitrogen and oxygen atoms in total. The number of rotatable bonds is 11. The summed E-state index contributed by atoms with van der Waals surface area (Å²) < 4.78 is 17.2. The van der Waals surface area contributed by atoms with E-state index in [1.54, 1.807) is 48.5 Å². The average molecular weight is 581 g/mol. The van der Waals surface area contributed by atoms with Gasteiger partial charge in [0.05, 0.1) is 18.1 Å². The molecule has 1 aliphatic heterocycles. The lowest BCUT2D eigenvalue weighted by Gasteiger charge is -2.14. The Morgan fingerprint density at radius 1 is 0.950 bits per heavy atom. The highest BCUT2D eigenvalue weighted by Gasteiger charge is 2.34. The summed E-state index contributed by atoms with van der Waals surface area (Å²) in [7, 11) is 0. The van der Waals surface area contributed by atoms with Gasteiger partial charge in [0.25, 0.3) is 17.1 Å². The van der Waals surface area contributed by atoms with Crippen LogP contribution in [-0.2, 0) is 9.59 Å². The lowest BCUT2D eigenvalue weighted by Crippen LogP contribution is -2.32. The van der Waals surface area contributed by atoms with E-state index >= 15 is 0 Å². The molecule has 3 aromatic carbocycles. The number of anilines is 1. The SMILES string of the molecule is CCOc1cc(/C=C2\SC(=O)N(CCOc3cc(C)ccc3C)C2=O)ccc1OCC(=O)Nc1ccc(Cl)cc1. The molecular formula is C30H29ClN2O6S. The molecule has 0 spiro atoms. The molecule has 0 radical (unpaired) electrons. The Balaban J connectivity index is 1.38. The first-order valence-corrected chi connectivity index (χ1v) is 13.8. The van der Waals surface area contributed by atoms with E-state index in [9.17, 15) is 14.4 Å². The van der Waals surface area contributed by atoms with Crippen LogP contribution in [0.1, 0.15) is 23.6 Å². The van der Waals surface area contributed by atoms with E-state index in [1.165, 1.54) is 4.90 Å². The van der Waals surface area contributed by atoms with Gasteiger partial charge in [0, 0.05) is 10.7 Å². The highest BCUT2D eigenvalue weighted by Crippen LogP contribution is 2.35. The Labute approximate surface area is 242 Å². The number of amides is 3. The van der Waals surface area contributed by atoms with Crippen LogP contribution in [0.4, 0.5) is 10.5 Å². The van der Waals surface area contributed by atoms with Crippen LogP contribution in [0.25, 0.3) is 6.08 Å². The van der Waals surface area contributed by atoms with Crippen molar-refractivity contribution in [1.82, 2.24) is 4.90 Å². The number of halogens is 1. The monoisotopic (exact) mass is 580 g/mol. The van der Waals surface area contributed by atoms with E-state index in [0.29, 0.717) is 39.3 Å². The number of imide groups is 1. The van der Waals surface area contributed by atoms with Crippen LogP contribution >= 0.6 is 23.4 Å². The molecule has 0 aromatic heterocycles. The number of carbonyl (C=O) groups excluding carboxylic acids is 3. The van der Waals surface area contributed by atoms with Gasteiger partial charge in [-0.1, -0.05) is 29.8 Å². The summed E-state index contributed by atoms with van der Waals surface area (Å²) in [5, 5.41) is 2.96. The van der Waals surface area contributed by atoms with Gasteiger partial charge in [0.15, 0.2) is 18.1 Å². The number of ether oxygens (including phenoxy) is 3. The maximum Gasteiger partial charge on any atom is 0.293 e. The topological polar surface area (TPSA) is 94.2 Å². The number of thioether (sulfide) groups is 1. The van der Waals surface area contributed by atoms with Crippen LogP contribution in [0.3, 0.4) is 0 Å². The van der Waals surface area contributed by atoms with Crippen LogP contribution in [-0.4, -0.2) is 48.3 Å². The van der Waals surface area contributed by atoms with Crippen LogP contribution < -0.4 is 19.5 Å². The van der Waals surface area contributed by atoms with E-state index in [0.717, 1.165) is 28.6 Å². The minimum absolute atomic E-state index is 0.143. The number of benzene rings is 3. The number of nitrogens with one attached hydrogen (secondary N) is 1.